The van der Waals surface area contributed by atoms with Crippen LogP contribution in [0, 0.1) is 13.8 Å². The smallest absolute Gasteiger partial charge is 0.221 e. The normalized spacial score (nSPS) is 11.0. The Kier molecular flexibility index (Phi) is 6.81. The van der Waals surface area contributed by atoms with Gasteiger partial charge < -0.3 is 5.32 Å². The van der Waals surface area contributed by atoms with Crippen molar-refractivity contribution < 1.29 is 4.79 Å². The number of rotatable bonds is 8. The van der Waals surface area contributed by atoms with Crippen molar-refractivity contribution in [3.8, 4) is 0 Å². The molecule has 4 nitrogen and oxygen atoms in total. The van der Waals surface area contributed by atoms with Gasteiger partial charge in [0.2, 0.25) is 5.91 Å². The van der Waals surface area contributed by atoms with E-state index in [0.29, 0.717) is 13.0 Å². The van der Waals surface area contributed by atoms with Crippen LogP contribution in [0.2, 0.25) is 0 Å². The van der Waals surface area contributed by atoms with Crippen LogP contribution in [0.15, 0.2) is 91.0 Å². The summed E-state index contributed by atoms with van der Waals surface area (Å²) in [6, 6.07) is 30.8. The van der Waals surface area contributed by atoms with Crippen LogP contribution in [0.3, 0.4) is 0 Å². The Morgan fingerprint density at radius 1 is 0.844 bits per heavy atom. The quantitative estimate of drug-likeness (QED) is 0.413. The molecule has 4 aromatic rings. The molecule has 1 aromatic heterocycles. The molecule has 4 rings (SSSR count). The lowest BCUT2D eigenvalue weighted by molar-refractivity contribution is -0.121. The summed E-state index contributed by atoms with van der Waals surface area (Å²) in [5.74, 6) is 0.0673. The molecule has 0 unspecified atom stereocenters. The van der Waals surface area contributed by atoms with Crippen LogP contribution in [0.25, 0.3) is 0 Å². The first kappa shape index (κ1) is 21.6. The molecule has 0 aliphatic rings. The van der Waals surface area contributed by atoms with E-state index in [4.69, 9.17) is 5.10 Å². The van der Waals surface area contributed by atoms with Gasteiger partial charge >= 0.3 is 0 Å². The molecular weight excluding hydrogens is 394 g/mol. The van der Waals surface area contributed by atoms with Gasteiger partial charge in [0.15, 0.2) is 0 Å². The molecule has 0 spiro atoms. The summed E-state index contributed by atoms with van der Waals surface area (Å²) in [6.45, 7) is 5.29. The number of carbonyl (C=O) groups is 1. The van der Waals surface area contributed by atoms with Crippen LogP contribution in [-0.4, -0.2) is 15.7 Å². The van der Waals surface area contributed by atoms with E-state index in [2.05, 4.69) is 48.6 Å². The zero-order valence-electron chi connectivity index (χ0n) is 18.7. The molecule has 0 bridgehead atoms. The molecule has 3 aromatic carbocycles. The third-order valence-corrected chi connectivity index (χ3v) is 5.96. The summed E-state index contributed by atoms with van der Waals surface area (Å²) < 4.78 is 2.02. The van der Waals surface area contributed by atoms with Crippen molar-refractivity contribution in [2.24, 2.45) is 0 Å². The van der Waals surface area contributed by atoms with Crippen molar-refractivity contribution in [1.82, 2.24) is 15.1 Å². The second-order valence-electron chi connectivity index (χ2n) is 8.15. The van der Waals surface area contributed by atoms with Gasteiger partial charge in [0.05, 0.1) is 12.2 Å². The third kappa shape index (κ3) is 5.14. The van der Waals surface area contributed by atoms with Crippen LogP contribution in [0.4, 0.5) is 0 Å². The van der Waals surface area contributed by atoms with E-state index in [1.54, 1.807) is 0 Å². The molecule has 4 heteroatoms. The summed E-state index contributed by atoms with van der Waals surface area (Å²) >= 11 is 0. The van der Waals surface area contributed by atoms with Gasteiger partial charge in [-0.05, 0) is 30.5 Å². The zero-order chi connectivity index (χ0) is 22.3. The lowest BCUT2D eigenvalue weighted by Crippen LogP contribution is -2.25. The first-order valence-corrected chi connectivity index (χ1v) is 11.0. The average molecular weight is 424 g/mol. The maximum absolute atomic E-state index is 13.0. The number of aromatic nitrogens is 2. The van der Waals surface area contributed by atoms with Crippen molar-refractivity contribution in [2.75, 3.05) is 0 Å². The first-order chi connectivity index (χ1) is 15.6. The van der Waals surface area contributed by atoms with E-state index in [-0.39, 0.29) is 11.8 Å². The van der Waals surface area contributed by atoms with Gasteiger partial charge in [0, 0.05) is 30.1 Å². The Hall–Kier alpha value is -3.66. The SMILES string of the molecule is Cc1nn(Cc2ccccc2)c(C)c1CNC(=O)CC(c1ccccc1)c1ccccc1. The molecule has 1 N–H and O–H groups in total. The second-order valence-corrected chi connectivity index (χ2v) is 8.15. The van der Waals surface area contributed by atoms with Crippen LogP contribution >= 0.6 is 0 Å². The molecule has 32 heavy (non-hydrogen) atoms. The monoisotopic (exact) mass is 423 g/mol. The van der Waals surface area contributed by atoms with Gasteiger partial charge in [-0.15, -0.1) is 0 Å². The minimum Gasteiger partial charge on any atom is -0.352 e. The largest absolute Gasteiger partial charge is 0.352 e. The molecule has 0 atom stereocenters. The fraction of sp³-hybridized carbons (Fsp3) is 0.214. The van der Waals surface area contributed by atoms with Gasteiger partial charge in [-0.25, -0.2) is 0 Å². The first-order valence-electron chi connectivity index (χ1n) is 11.0. The van der Waals surface area contributed by atoms with Crippen LogP contribution in [0.5, 0.6) is 0 Å². The van der Waals surface area contributed by atoms with Gasteiger partial charge in [0.25, 0.3) is 0 Å². The number of hydrogen-bond acceptors (Lipinski definition) is 2. The van der Waals surface area contributed by atoms with Crippen molar-refractivity contribution in [2.45, 2.75) is 39.3 Å². The molecule has 0 radical (unpaired) electrons. The fourth-order valence-corrected chi connectivity index (χ4v) is 4.14. The summed E-state index contributed by atoms with van der Waals surface area (Å²) in [7, 11) is 0. The standard InChI is InChI=1S/C28H29N3O/c1-21-27(22(2)31(30-21)20-23-12-6-3-7-13-23)19-29-28(32)18-26(24-14-8-4-9-15-24)25-16-10-5-11-17-25/h3-17,26H,18-20H2,1-2H3,(H,29,32). The number of nitrogens with zero attached hydrogens (tertiary/aromatic N) is 2. The lowest BCUT2D eigenvalue weighted by atomic mass is 9.88. The fourth-order valence-electron chi connectivity index (χ4n) is 4.14. The highest BCUT2D eigenvalue weighted by Gasteiger charge is 2.19. The summed E-state index contributed by atoms with van der Waals surface area (Å²) in [5.41, 5.74) is 6.65. The van der Waals surface area contributed by atoms with Crippen molar-refractivity contribution in [3.63, 3.8) is 0 Å². The number of benzene rings is 3. The lowest BCUT2D eigenvalue weighted by Gasteiger charge is -2.18. The Labute approximate surface area is 189 Å². The molecular formula is C28H29N3O. The minimum absolute atomic E-state index is 0.0281. The van der Waals surface area contributed by atoms with Gasteiger partial charge in [-0.2, -0.15) is 5.10 Å². The molecule has 162 valence electrons. The predicted molar refractivity (Wildman–Crippen MR) is 128 cm³/mol. The maximum atomic E-state index is 13.0. The van der Waals surface area contributed by atoms with E-state index < -0.39 is 0 Å². The van der Waals surface area contributed by atoms with Crippen molar-refractivity contribution >= 4 is 5.91 Å². The summed E-state index contributed by atoms with van der Waals surface area (Å²) in [5, 5.41) is 7.84. The van der Waals surface area contributed by atoms with Crippen LogP contribution < -0.4 is 5.32 Å². The molecule has 1 heterocycles. The van der Waals surface area contributed by atoms with E-state index in [9.17, 15) is 4.79 Å². The number of amides is 1. The van der Waals surface area contributed by atoms with Gasteiger partial charge in [-0.3, -0.25) is 9.48 Å². The molecule has 0 fully saturated rings. The molecule has 0 saturated heterocycles. The average Bonchev–Trinajstić information content (AvgIpc) is 3.10. The van der Waals surface area contributed by atoms with Crippen molar-refractivity contribution in [3.05, 3.63) is 125 Å². The maximum Gasteiger partial charge on any atom is 0.221 e. The Balaban J connectivity index is 1.45. The van der Waals surface area contributed by atoms with Crippen molar-refractivity contribution in [1.29, 1.82) is 0 Å². The van der Waals surface area contributed by atoms with E-state index in [0.717, 1.165) is 34.6 Å². The topological polar surface area (TPSA) is 46.9 Å². The third-order valence-electron chi connectivity index (χ3n) is 5.96. The van der Waals surface area contributed by atoms with Crippen LogP contribution in [0.1, 0.15) is 46.0 Å². The Morgan fingerprint density at radius 3 is 1.94 bits per heavy atom. The van der Waals surface area contributed by atoms with Crippen LogP contribution in [-0.2, 0) is 17.9 Å². The highest BCUT2D eigenvalue weighted by molar-refractivity contribution is 5.77. The van der Waals surface area contributed by atoms with E-state index >= 15 is 0 Å². The highest BCUT2D eigenvalue weighted by Crippen LogP contribution is 2.28. The second kappa shape index (κ2) is 10.1. The Bertz CT molecular complexity index is 1110. The summed E-state index contributed by atoms with van der Waals surface area (Å²) in [4.78, 5) is 13.0. The summed E-state index contributed by atoms with van der Waals surface area (Å²) in [6.07, 6.45) is 0.407. The number of hydrogen-bond donors (Lipinski definition) is 1. The van der Waals surface area contributed by atoms with E-state index in [1.807, 2.05) is 66.2 Å². The number of aryl methyl sites for hydroxylation is 1. The molecule has 1 amide bonds. The highest BCUT2D eigenvalue weighted by atomic mass is 16.1. The zero-order valence-corrected chi connectivity index (χ0v) is 18.7. The van der Waals surface area contributed by atoms with E-state index in [1.165, 1.54) is 5.56 Å². The predicted octanol–water partition coefficient (Wildman–Crippen LogP) is 5.39. The molecule has 0 saturated carbocycles. The number of nitrogens with one attached hydrogen (secondary N) is 1. The molecule has 0 aliphatic carbocycles. The molecule has 0 aliphatic heterocycles. The van der Waals surface area contributed by atoms with Gasteiger partial charge in [0.1, 0.15) is 0 Å². The minimum atomic E-state index is 0.0281. The number of carbonyl (C=O) groups excluding carboxylic acids is 1. The van der Waals surface area contributed by atoms with Gasteiger partial charge in [-0.1, -0.05) is 91.0 Å². The Morgan fingerprint density at radius 2 is 1.38 bits per heavy atom.